The molecule has 0 radical (unpaired) electrons. The Morgan fingerprint density at radius 3 is 2.48 bits per heavy atom. The molecule has 0 amide bonds. The van der Waals surface area contributed by atoms with Gasteiger partial charge in [-0.05, 0) is 25.3 Å². The molecule has 1 aromatic rings. The van der Waals surface area contributed by atoms with E-state index >= 15 is 0 Å². The van der Waals surface area contributed by atoms with E-state index in [9.17, 15) is 8.42 Å². The molecule has 3 rings (SSSR count). The third-order valence-electron chi connectivity index (χ3n) is 4.80. The Balaban J connectivity index is 1.55. The molecule has 6 heteroatoms. The zero-order valence-electron chi connectivity index (χ0n) is 13.7. The maximum absolute atomic E-state index is 12.6. The van der Waals surface area contributed by atoms with Crippen LogP contribution in [0, 0.1) is 0 Å². The van der Waals surface area contributed by atoms with E-state index in [1.54, 1.807) is 4.31 Å². The smallest absolute Gasteiger partial charge is 0.218 e. The number of nitrogens with zero attached hydrogens (tertiary/aromatic N) is 2. The van der Waals surface area contributed by atoms with Crippen molar-refractivity contribution < 1.29 is 13.2 Å². The van der Waals surface area contributed by atoms with Gasteiger partial charge in [0, 0.05) is 32.2 Å². The minimum Gasteiger partial charge on any atom is -0.376 e. The van der Waals surface area contributed by atoms with Crippen LogP contribution < -0.4 is 0 Å². The number of ether oxygens (including phenoxy) is 1. The van der Waals surface area contributed by atoms with Crippen molar-refractivity contribution >= 4 is 10.0 Å². The third-order valence-corrected chi connectivity index (χ3v) is 6.65. The second kappa shape index (κ2) is 7.30. The van der Waals surface area contributed by atoms with Gasteiger partial charge in [-0.3, -0.25) is 4.90 Å². The average Bonchev–Trinajstić information content (AvgIpc) is 2.55. The van der Waals surface area contributed by atoms with Gasteiger partial charge < -0.3 is 4.74 Å². The predicted molar refractivity (Wildman–Crippen MR) is 90.6 cm³/mol. The summed E-state index contributed by atoms with van der Waals surface area (Å²) in [5.74, 6) is 0.104. The Morgan fingerprint density at radius 1 is 1.13 bits per heavy atom. The van der Waals surface area contributed by atoms with Crippen molar-refractivity contribution in [1.29, 1.82) is 0 Å². The zero-order valence-corrected chi connectivity index (χ0v) is 14.5. The summed E-state index contributed by atoms with van der Waals surface area (Å²) in [4.78, 5) is 2.47. The zero-order chi connectivity index (χ0) is 16.3. The van der Waals surface area contributed by atoms with Crippen LogP contribution in [-0.2, 0) is 20.5 Å². The lowest BCUT2D eigenvalue weighted by Gasteiger charge is -2.41. The fourth-order valence-electron chi connectivity index (χ4n) is 3.54. The molecule has 0 aliphatic carbocycles. The Morgan fingerprint density at radius 2 is 1.83 bits per heavy atom. The summed E-state index contributed by atoms with van der Waals surface area (Å²) in [7, 11) is -3.21. The van der Waals surface area contributed by atoms with Crippen LogP contribution in [0.1, 0.15) is 25.3 Å². The lowest BCUT2D eigenvalue weighted by Crippen LogP contribution is -2.51. The molecule has 23 heavy (non-hydrogen) atoms. The summed E-state index contributed by atoms with van der Waals surface area (Å²) in [5, 5.41) is 0. The SMILES string of the molecule is CC1CN(C2CCN(S(=O)(=O)Cc3ccccc3)CC2)CCO1. The van der Waals surface area contributed by atoms with Crippen LogP contribution in [0.25, 0.3) is 0 Å². The van der Waals surface area contributed by atoms with Crippen molar-refractivity contribution in [2.24, 2.45) is 0 Å². The standard InChI is InChI=1S/C17H26N2O3S/c1-15-13-18(11-12-22-15)17-7-9-19(10-8-17)23(20,21)14-16-5-3-2-4-6-16/h2-6,15,17H,7-14H2,1H3. The highest BCUT2D eigenvalue weighted by atomic mass is 32.2. The highest BCUT2D eigenvalue weighted by molar-refractivity contribution is 7.88. The number of hydrogen-bond donors (Lipinski definition) is 0. The van der Waals surface area contributed by atoms with Gasteiger partial charge in [0.15, 0.2) is 0 Å². The molecule has 0 spiro atoms. The van der Waals surface area contributed by atoms with Crippen molar-refractivity contribution in [3.63, 3.8) is 0 Å². The fraction of sp³-hybridized carbons (Fsp3) is 0.647. The van der Waals surface area contributed by atoms with E-state index in [1.807, 2.05) is 30.3 Å². The van der Waals surface area contributed by atoms with Crippen LogP contribution in [0.3, 0.4) is 0 Å². The summed E-state index contributed by atoms with van der Waals surface area (Å²) in [5.41, 5.74) is 0.858. The molecule has 0 N–H and O–H groups in total. The highest BCUT2D eigenvalue weighted by Crippen LogP contribution is 2.22. The molecule has 2 fully saturated rings. The number of morpholine rings is 1. The van der Waals surface area contributed by atoms with E-state index in [0.29, 0.717) is 19.1 Å². The number of benzene rings is 1. The van der Waals surface area contributed by atoms with E-state index < -0.39 is 10.0 Å². The maximum Gasteiger partial charge on any atom is 0.218 e. The summed E-state index contributed by atoms with van der Waals surface area (Å²) in [6.45, 7) is 6.07. The summed E-state index contributed by atoms with van der Waals surface area (Å²) in [6, 6.07) is 9.92. The van der Waals surface area contributed by atoms with Gasteiger partial charge in [-0.25, -0.2) is 12.7 Å². The minimum atomic E-state index is -3.21. The number of rotatable bonds is 4. The van der Waals surface area contributed by atoms with Gasteiger partial charge in [0.1, 0.15) is 0 Å². The summed E-state index contributed by atoms with van der Waals surface area (Å²) >= 11 is 0. The van der Waals surface area contributed by atoms with Gasteiger partial charge in [0.05, 0.1) is 18.5 Å². The molecule has 0 aromatic heterocycles. The molecule has 2 aliphatic heterocycles. The topological polar surface area (TPSA) is 49.9 Å². The fourth-order valence-corrected chi connectivity index (χ4v) is 5.10. The van der Waals surface area contributed by atoms with Crippen molar-refractivity contribution in [2.75, 3.05) is 32.8 Å². The second-order valence-corrected chi connectivity index (χ2v) is 8.52. The molecule has 2 heterocycles. The first-order valence-corrected chi connectivity index (χ1v) is 10.0. The van der Waals surface area contributed by atoms with E-state index in [0.717, 1.165) is 38.1 Å². The van der Waals surface area contributed by atoms with Crippen molar-refractivity contribution in [1.82, 2.24) is 9.21 Å². The second-order valence-electron chi connectivity index (χ2n) is 6.55. The van der Waals surface area contributed by atoms with E-state index in [-0.39, 0.29) is 11.9 Å². The molecule has 128 valence electrons. The molecule has 1 unspecified atom stereocenters. The normalized spacial score (nSPS) is 25.5. The van der Waals surface area contributed by atoms with Gasteiger partial charge in [0.2, 0.25) is 10.0 Å². The first-order valence-electron chi connectivity index (χ1n) is 8.42. The Kier molecular flexibility index (Phi) is 5.36. The lowest BCUT2D eigenvalue weighted by molar-refractivity contribution is -0.0406. The first kappa shape index (κ1) is 16.9. The van der Waals surface area contributed by atoms with Gasteiger partial charge in [-0.2, -0.15) is 0 Å². The lowest BCUT2D eigenvalue weighted by atomic mass is 10.0. The highest BCUT2D eigenvalue weighted by Gasteiger charge is 2.32. The van der Waals surface area contributed by atoms with Crippen molar-refractivity contribution in [3.05, 3.63) is 35.9 Å². The number of sulfonamides is 1. The average molecular weight is 338 g/mol. The van der Waals surface area contributed by atoms with Crippen molar-refractivity contribution in [3.8, 4) is 0 Å². The maximum atomic E-state index is 12.6. The van der Waals surface area contributed by atoms with E-state index in [4.69, 9.17) is 4.74 Å². The Bertz CT molecular complexity index is 598. The van der Waals surface area contributed by atoms with Gasteiger partial charge in [-0.1, -0.05) is 30.3 Å². The molecule has 2 aliphatic rings. The minimum absolute atomic E-state index is 0.104. The Labute approximate surface area is 139 Å². The molecule has 1 atom stereocenters. The van der Waals surface area contributed by atoms with E-state index in [1.165, 1.54) is 0 Å². The van der Waals surface area contributed by atoms with Crippen molar-refractivity contribution in [2.45, 2.75) is 37.7 Å². The van der Waals surface area contributed by atoms with Crippen LogP contribution in [0.5, 0.6) is 0 Å². The first-order chi connectivity index (χ1) is 11.0. The van der Waals surface area contributed by atoms with Gasteiger partial charge >= 0.3 is 0 Å². The molecular formula is C17H26N2O3S. The van der Waals surface area contributed by atoms with Gasteiger partial charge in [0.25, 0.3) is 0 Å². The van der Waals surface area contributed by atoms with Crippen LogP contribution in [0.2, 0.25) is 0 Å². The molecule has 0 bridgehead atoms. The molecule has 5 nitrogen and oxygen atoms in total. The number of hydrogen-bond acceptors (Lipinski definition) is 4. The third kappa shape index (κ3) is 4.32. The monoisotopic (exact) mass is 338 g/mol. The molecule has 1 aromatic carbocycles. The quantitative estimate of drug-likeness (QED) is 0.838. The van der Waals surface area contributed by atoms with Gasteiger partial charge in [-0.15, -0.1) is 0 Å². The molecular weight excluding hydrogens is 312 g/mol. The molecule has 2 saturated heterocycles. The van der Waals surface area contributed by atoms with Crippen LogP contribution >= 0.6 is 0 Å². The van der Waals surface area contributed by atoms with Crippen LogP contribution in [-0.4, -0.2) is 62.6 Å². The van der Waals surface area contributed by atoms with E-state index in [2.05, 4.69) is 11.8 Å². The molecule has 0 saturated carbocycles. The number of piperidine rings is 1. The summed E-state index contributed by atoms with van der Waals surface area (Å²) in [6.07, 6.45) is 2.12. The van der Waals surface area contributed by atoms with Crippen LogP contribution in [0.4, 0.5) is 0 Å². The predicted octanol–water partition coefficient (Wildman–Crippen LogP) is 1.70. The Hall–Kier alpha value is -0.950. The van der Waals surface area contributed by atoms with Crippen LogP contribution in [0.15, 0.2) is 30.3 Å². The largest absolute Gasteiger partial charge is 0.376 e. The summed E-state index contributed by atoms with van der Waals surface area (Å²) < 4.78 is 32.4.